The van der Waals surface area contributed by atoms with Crippen molar-refractivity contribution in [1.29, 1.82) is 0 Å². The van der Waals surface area contributed by atoms with Crippen LogP contribution in [0, 0.1) is 0 Å². The molecular weight excluding hydrogens is 304 g/mol. The van der Waals surface area contributed by atoms with Crippen LogP contribution in [0.5, 0.6) is 5.75 Å². The maximum atomic E-state index is 10.2. The zero-order chi connectivity index (χ0) is 16.3. The lowest BCUT2D eigenvalue weighted by Crippen LogP contribution is -2.19. The summed E-state index contributed by atoms with van der Waals surface area (Å²) in [4.78, 5) is -0.670. The lowest BCUT2D eigenvalue weighted by molar-refractivity contribution is 0.443. The minimum atomic E-state index is -0.670. The molecule has 1 N–H and O–H groups in total. The third-order valence-electron chi connectivity index (χ3n) is 5.26. The average Bonchev–Trinajstić information content (AvgIpc) is 2.62. The Balaban J connectivity index is 1.91. The molecule has 0 heterocycles. The summed E-state index contributed by atoms with van der Waals surface area (Å²) < 4.78 is 0. The number of benzene rings is 2. The van der Waals surface area contributed by atoms with Crippen LogP contribution in [0.2, 0.25) is 0 Å². The first-order valence-electron chi connectivity index (χ1n) is 8.73. The number of phenols is 1. The van der Waals surface area contributed by atoms with Crippen molar-refractivity contribution in [3.05, 3.63) is 65.2 Å². The topological polar surface area (TPSA) is 20.2 Å². The van der Waals surface area contributed by atoms with Crippen LogP contribution in [0.25, 0.3) is 0 Å². The quantitative estimate of drug-likeness (QED) is 0.650. The molecule has 122 valence electrons. The van der Waals surface area contributed by atoms with E-state index in [0.717, 1.165) is 17.5 Å². The van der Waals surface area contributed by atoms with Gasteiger partial charge in [-0.3, -0.25) is 0 Å². The Morgan fingerprint density at radius 2 is 1.65 bits per heavy atom. The summed E-state index contributed by atoms with van der Waals surface area (Å²) in [5.74, 6) is 0.968. The van der Waals surface area contributed by atoms with Crippen LogP contribution < -0.4 is 0 Å². The number of hydrogen-bond acceptors (Lipinski definition) is 1. The third-order valence-corrected chi connectivity index (χ3v) is 5.95. The zero-order valence-corrected chi connectivity index (χ0v) is 14.5. The van der Waals surface area contributed by atoms with E-state index in [1.54, 1.807) is 6.07 Å². The molecule has 3 rings (SSSR count). The van der Waals surface area contributed by atoms with Crippen molar-refractivity contribution in [1.82, 2.24) is 0 Å². The fraction of sp³-hybridized carbons (Fsp3) is 0.429. The summed E-state index contributed by atoms with van der Waals surface area (Å²) in [5.41, 5.74) is 3.28. The highest BCUT2D eigenvalue weighted by molar-refractivity contribution is 6.26. The van der Waals surface area contributed by atoms with Crippen LogP contribution in [0.1, 0.15) is 68.1 Å². The monoisotopic (exact) mass is 328 g/mol. The van der Waals surface area contributed by atoms with Gasteiger partial charge in [-0.25, -0.2) is 0 Å². The van der Waals surface area contributed by atoms with Crippen molar-refractivity contribution in [3.63, 3.8) is 0 Å². The number of halogens is 1. The van der Waals surface area contributed by atoms with Crippen LogP contribution in [-0.2, 0) is 4.87 Å². The molecule has 2 aromatic carbocycles. The van der Waals surface area contributed by atoms with Crippen molar-refractivity contribution in [2.24, 2.45) is 0 Å². The van der Waals surface area contributed by atoms with E-state index in [4.69, 9.17) is 11.6 Å². The van der Waals surface area contributed by atoms with E-state index < -0.39 is 4.87 Å². The Hall–Kier alpha value is -1.47. The molecule has 23 heavy (non-hydrogen) atoms. The van der Waals surface area contributed by atoms with Gasteiger partial charge in [-0.15, -0.1) is 11.6 Å². The van der Waals surface area contributed by atoms with Gasteiger partial charge in [0.1, 0.15) is 5.75 Å². The van der Waals surface area contributed by atoms with E-state index in [1.807, 2.05) is 18.2 Å². The van der Waals surface area contributed by atoms with Crippen LogP contribution in [0.4, 0.5) is 0 Å². The standard InChI is InChI=1S/C21H25ClO/c1-2-21(22,19-10-6-7-11-20(19)23)18-14-12-17(13-15-18)16-8-4-3-5-9-16/h6-7,10-16,23H,2-5,8-9H2,1H3. The predicted molar refractivity (Wildman–Crippen MR) is 97.3 cm³/mol. The molecule has 1 aliphatic carbocycles. The first kappa shape index (κ1) is 16.4. The van der Waals surface area contributed by atoms with Gasteiger partial charge in [0.05, 0.1) is 4.87 Å². The highest BCUT2D eigenvalue weighted by Crippen LogP contribution is 2.44. The van der Waals surface area contributed by atoms with Gasteiger partial charge in [0.25, 0.3) is 0 Å². The van der Waals surface area contributed by atoms with Crippen molar-refractivity contribution in [2.75, 3.05) is 0 Å². The summed E-state index contributed by atoms with van der Waals surface area (Å²) in [5, 5.41) is 10.2. The SMILES string of the molecule is CCC(Cl)(c1ccc(C2CCCCC2)cc1)c1ccccc1O. The second-order valence-corrected chi connectivity index (χ2v) is 7.27. The van der Waals surface area contributed by atoms with Crippen molar-refractivity contribution in [2.45, 2.75) is 56.2 Å². The molecule has 0 bridgehead atoms. The largest absolute Gasteiger partial charge is 0.508 e. The normalized spacial score (nSPS) is 18.5. The number of hydrogen-bond donors (Lipinski definition) is 1. The molecule has 1 aliphatic rings. The molecule has 1 atom stereocenters. The fourth-order valence-corrected chi connectivity index (χ4v) is 4.10. The Bertz CT molecular complexity index is 643. The molecule has 0 saturated heterocycles. The Morgan fingerprint density at radius 1 is 1.00 bits per heavy atom. The van der Waals surface area contributed by atoms with Crippen LogP contribution in [-0.4, -0.2) is 5.11 Å². The number of para-hydroxylation sites is 1. The van der Waals surface area contributed by atoms with Crippen molar-refractivity contribution in [3.8, 4) is 5.75 Å². The number of rotatable bonds is 4. The van der Waals surface area contributed by atoms with E-state index >= 15 is 0 Å². The van der Waals surface area contributed by atoms with Gasteiger partial charge in [0, 0.05) is 5.56 Å². The Kier molecular flexibility index (Phi) is 4.96. The van der Waals surface area contributed by atoms with Gasteiger partial charge in [-0.2, -0.15) is 0 Å². The Labute approximate surface area is 144 Å². The van der Waals surface area contributed by atoms with E-state index in [9.17, 15) is 5.11 Å². The van der Waals surface area contributed by atoms with Crippen molar-refractivity contribution >= 4 is 11.6 Å². The van der Waals surface area contributed by atoms with Crippen molar-refractivity contribution < 1.29 is 5.11 Å². The van der Waals surface area contributed by atoms with Gasteiger partial charge < -0.3 is 5.11 Å². The highest BCUT2D eigenvalue weighted by atomic mass is 35.5. The molecule has 0 radical (unpaired) electrons. The number of alkyl halides is 1. The van der Waals surface area contributed by atoms with Gasteiger partial charge in [-0.1, -0.05) is 68.7 Å². The fourth-order valence-electron chi connectivity index (χ4n) is 3.81. The molecule has 1 nitrogen and oxygen atoms in total. The summed E-state index contributed by atoms with van der Waals surface area (Å²) in [6.07, 6.45) is 7.41. The number of phenolic OH excluding ortho intramolecular Hbond substituents is 1. The molecule has 0 spiro atoms. The molecule has 0 aromatic heterocycles. The summed E-state index contributed by atoms with van der Waals surface area (Å²) in [6.45, 7) is 2.06. The van der Waals surface area contributed by atoms with E-state index in [-0.39, 0.29) is 5.75 Å². The Morgan fingerprint density at radius 3 is 2.26 bits per heavy atom. The molecule has 1 saturated carbocycles. The lowest BCUT2D eigenvalue weighted by Gasteiger charge is -2.28. The van der Waals surface area contributed by atoms with Crippen LogP contribution >= 0.6 is 11.6 Å². The minimum Gasteiger partial charge on any atom is -0.508 e. The molecule has 2 aromatic rings. The van der Waals surface area contributed by atoms with E-state index in [0.29, 0.717) is 5.92 Å². The van der Waals surface area contributed by atoms with Gasteiger partial charge in [-0.05, 0) is 42.4 Å². The first-order valence-corrected chi connectivity index (χ1v) is 9.11. The summed E-state index contributed by atoms with van der Waals surface area (Å²) >= 11 is 6.96. The molecule has 1 fully saturated rings. The minimum absolute atomic E-state index is 0.265. The summed E-state index contributed by atoms with van der Waals surface area (Å²) in [7, 11) is 0. The maximum absolute atomic E-state index is 10.2. The van der Waals surface area contributed by atoms with Gasteiger partial charge in [0.15, 0.2) is 0 Å². The second kappa shape index (κ2) is 6.97. The van der Waals surface area contributed by atoms with Gasteiger partial charge in [0.2, 0.25) is 0 Å². The molecule has 0 aliphatic heterocycles. The van der Waals surface area contributed by atoms with Crippen LogP contribution in [0.3, 0.4) is 0 Å². The number of aromatic hydroxyl groups is 1. The lowest BCUT2D eigenvalue weighted by atomic mass is 9.82. The average molecular weight is 329 g/mol. The second-order valence-electron chi connectivity index (χ2n) is 6.63. The van der Waals surface area contributed by atoms with Gasteiger partial charge >= 0.3 is 0 Å². The first-order chi connectivity index (χ1) is 11.1. The van der Waals surface area contributed by atoms with Crippen LogP contribution in [0.15, 0.2) is 48.5 Å². The van der Waals surface area contributed by atoms with E-state index in [2.05, 4.69) is 31.2 Å². The van der Waals surface area contributed by atoms with E-state index in [1.165, 1.54) is 37.7 Å². The molecule has 2 heteroatoms. The summed E-state index contributed by atoms with van der Waals surface area (Å²) in [6, 6.07) is 16.1. The highest BCUT2D eigenvalue weighted by Gasteiger charge is 2.32. The molecular formula is C21H25ClO. The predicted octanol–water partition coefficient (Wildman–Crippen LogP) is 6.33. The smallest absolute Gasteiger partial charge is 0.120 e. The maximum Gasteiger partial charge on any atom is 0.120 e. The zero-order valence-electron chi connectivity index (χ0n) is 13.8. The molecule has 0 amide bonds. The molecule has 1 unspecified atom stereocenters. The third kappa shape index (κ3) is 3.26.